The van der Waals surface area contributed by atoms with Crippen LogP contribution in [-0.4, -0.2) is 46.1 Å². The van der Waals surface area contributed by atoms with E-state index in [9.17, 15) is 4.79 Å². The number of H-pyrrole nitrogens is 1. The van der Waals surface area contributed by atoms with Crippen molar-refractivity contribution in [3.8, 4) is 11.3 Å². The smallest absolute Gasteiger partial charge is 0.272 e. The third-order valence-electron chi connectivity index (χ3n) is 5.23. The molecule has 29 heavy (non-hydrogen) atoms. The molecule has 0 unspecified atom stereocenters. The molecule has 3 aromatic rings. The van der Waals surface area contributed by atoms with Crippen LogP contribution in [0.15, 0.2) is 30.5 Å². The van der Waals surface area contributed by atoms with Crippen molar-refractivity contribution in [1.29, 1.82) is 0 Å². The van der Waals surface area contributed by atoms with Crippen LogP contribution in [-0.2, 0) is 30.8 Å². The number of rotatable bonds is 7. The number of carbonyl (C=O) groups is 1. The van der Waals surface area contributed by atoms with Crippen molar-refractivity contribution < 1.29 is 9.53 Å². The Labute approximate surface area is 169 Å². The van der Waals surface area contributed by atoms with Crippen LogP contribution in [0.5, 0.6) is 0 Å². The van der Waals surface area contributed by atoms with Crippen molar-refractivity contribution in [3.05, 3.63) is 58.5 Å². The first kappa shape index (κ1) is 19.4. The molecular formula is C21H26N6O2. The highest BCUT2D eigenvalue weighted by molar-refractivity contribution is 5.94. The fraction of sp³-hybridized carbons (Fsp3) is 0.381. The van der Waals surface area contributed by atoms with E-state index in [0.29, 0.717) is 31.9 Å². The van der Waals surface area contributed by atoms with Crippen molar-refractivity contribution in [1.82, 2.24) is 30.6 Å². The zero-order chi connectivity index (χ0) is 20.2. The van der Waals surface area contributed by atoms with Crippen LogP contribution in [0, 0.1) is 6.92 Å². The zero-order valence-corrected chi connectivity index (χ0v) is 16.8. The monoisotopic (exact) mass is 394 g/mol. The number of hydrogen-bond acceptors (Lipinski definition) is 5. The number of nitrogens with zero attached hydrogens (tertiary/aromatic N) is 3. The first-order valence-corrected chi connectivity index (χ1v) is 9.83. The van der Waals surface area contributed by atoms with Gasteiger partial charge in [0, 0.05) is 50.0 Å². The fourth-order valence-electron chi connectivity index (χ4n) is 3.64. The van der Waals surface area contributed by atoms with Gasteiger partial charge in [-0.2, -0.15) is 10.2 Å². The van der Waals surface area contributed by atoms with E-state index < -0.39 is 0 Å². The molecular weight excluding hydrogens is 368 g/mol. The first-order valence-electron chi connectivity index (χ1n) is 9.83. The number of fused-ring (bicyclic) bond motifs is 1. The number of benzene rings is 1. The molecule has 0 fully saturated rings. The maximum Gasteiger partial charge on any atom is 0.272 e. The summed E-state index contributed by atoms with van der Waals surface area (Å²) in [4.78, 5) is 12.9. The van der Waals surface area contributed by atoms with Gasteiger partial charge in [-0.05, 0) is 12.5 Å². The maximum absolute atomic E-state index is 12.9. The van der Waals surface area contributed by atoms with Crippen LogP contribution >= 0.6 is 0 Å². The molecule has 0 saturated carbocycles. The predicted octanol–water partition coefficient (Wildman–Crippen LogP) is 1.80. The lowest BCUT2D eigenvalue weighted by Crippen LogP contribution is -2.28. The molecule has 2 aromatic heterocycles. The van der Waals surface area contributed by atoms with Crippen molar-refractivity contribution in [2.75, 3.05) is 20.3 Å². The first-order chi connectivity index (χ1) is 14.2. The number of aryl methyl sites for hydroxylation is 1. The second-order valence-electron chi connectivity index (χ2n) is 7.24. The highest BCUT2D eigenvalue weighted by Crippen LogP contribution is 2.22. The van der Waals surface area contributed by atoms with Crippen LogP contribution in [0.3, 0.4) is 0 Å². The van der Waals surface area contributed by atoms with E-state index in [1.165, 1.54) is 5.56 Å². The Morgan fingerprint density at radius 1 is 1.31 bits per heavy atom. The standard InChI is InChI=1S/C21H26N6O2/c1-14-3-5-15(6-4-14)19-16(12-24-25-19)11-23-21(28)20-17-13-22-8-7-18(17)27(26-20)9-10-29-2/h3-6,12,22H,7-11,13H2,1-2H3,(H,23,28)(H,24,25). The minimum atomic E-state index is -0.169. The second-order valence-corrected chi connectivity index (χ2v) is 7.24. The van der Waals surface area contributed by atoms with Gasteiger partial charge in [0.05, 0.1) is 25.0 Å². The normalized spacial score (nSPS) is 13.3. The lowest BCUT2D eigenvalue weighted by Gasteiger charge is -2.15. The molecule has 1 aliphatic rings. The van der Waals surface area contributed by atoms with E-state index >= 15 is 0 Å². The Bertz CT molecular complexity index is 989. The number of nitrogens with one attached hydrogen (secondary N) is 3. The van der Waals surface area contributed by atoms with Gasteiger partial charge in [0.2, 0.25) is 0 Å². The molecule has 0 spiro atoms. The molecule has 0 atom stereocenters. The Kier molecular flexibility index (Phi) is 5.73. The lowest BCUT2D eigenvalue weighted by molar-refractivity contribution is 0.0943. The largest absolute Gasteiger partial charge is 0.383 e. The Morgan fingerprint density at radius 3 is 2.93 bits per heavy atom. The summed E-state index contributed by atoms with van der Waals surface area (Å²) in [5, 5.41) is 18.1. The summed E-state index contributed by atoms with van der Waals surface area (Å²) >= 11 is 0. The average Bonchev–Trinajstić information content (AvgIpc) is 3.36. The lowest BCUT2D eigenvalue weighted by atomic mass is 10.1. The van der Waals surface area contributed by atoms with Gasteiger partial charge in [0.25, 0.3) is 5.91 Å². The fourth-order valence-corrected chi connectivity index (χ4v) is 3.64. The maximum atomic E-state index is 12.9. The summed E-state index contributed by atoms with van der Waals surface area (Å²) in [5.74, 6) is -0.169. The molecule has 0 aliphatic carbocycles. The van der Waals surface area contributed by atoms with Crippen LogP contribution in [0.1, 0.15) is 32.9 Å². The molecule has 1 aliphatic heterocycles. The number of methoxy groups -OCH3 is 1. The molecule has 4 rings (SSSR count). The SMILES string of the molecule is COCCn1nc(C(=O)NCc2cn[nH]c2-c2ccc(C)cc2)c2c1CCNC2. The van der Waals surface area contributed by atoms with E-state index in [0.717, 1.165) is 41.0 Å². The van der Waals surface area contributed by atoms with Gasteiger partial charge in [-0.25, -0.2) is 0 Å². The van der Waals surface area contributed by atoms with Crippen molar-refractivity contribution >= 4 is 5.91 Å². The molecule has 8 nitrogen and oxygen atoms in total. The summed E-state index contributed by atoms with van der Waals surface area (Å²) in [6, 6.07) is 8.22. The summed E-state index contributed by atoms with van der Waals surface area (Å²) < 4.78 is 7.09. The van der Waals surface area contributed by atoms with E-state index in [2.05, 4.69) is 45.0 Å². The van der Waals surface area contributed by atoms with Gasteiger partial charge in [-0.1, -0.05) is 29.8 Å². The van der Waals surface area contributed by atoms with Gasteiger partial charge in [0.1, 0.15) is 0 Å². The van der Waals surface area contributed by atoms with Crippen LogP contribution in [0.4, 0.5) is 0 Å². The Hall–Kier alpha value is -2.97. The average molecular weight is 394 g/mol. The van der Waals surface area contributed by atoms with Crippen LogP contribution in [0.25, 0.3) is 11.3 Å². The number of hydrogen-bond donors (Lipinski definition) is 3. The van der Waals surface area contributed by atoms with Crippen molar-refractivity contribution in [3.63, 3.8) is 0 Å². The number of aromatic nitrogens is 4. The number of ether oxygens (including phenoxy) is 1. The third-order valence-corrected chi connectivity index (χ3v) is 5.23. The molecule has 1 aromatic carbocycles. The van der Waals surface area contributed by atoms with Crippen LogP contribution < -0.4 is 10.6 Å². The molecule has 0 radical (unpaired) electrons. The number of carbonyl (C=O) groups excluding carboxylic acids is 1. The van der Waals surface area contributed by atoms with Gasteiger partial charge < -0.3 is 15.4 Å². The summed E-state index contributed by atoms with van der Waals surface area (Å²) in [6.45, 7) is 5.20. The number of aromatic amines is 1. The molecule has 3 N–H and O–H groups in total. The number of amides is 1. The van der Waals surface area contributed by atoms with Crippen molar-refractivity contribution in [2.45, 2.75) is 33.0 Å². The summed E-state index contributed by atoms with van der Waals surface area (Å²) in [6.07, 6.45) is 2.61. The Balaban J connectivity index is 1.50. The van der Waals surface area contributed by atoms with Crippen molar-refractivity contribution in [2.24, 2.45) is 0 Å². The van der Waals surface area contributed by atoms with Gasteiger partial charge in [-0.3, -0.25) is 14.6 Å². The van der Waals surface area contributed by atoms with Gasteiger partial charge in [0.15, 0.2) is 5.69 Å². The van der Waals surface area contributed by atoms with E-state index in [1.807, 2.05) is 16.8 Å². The van der Waals surface area contributed by atoms with Gasteiger partial charge in [-0.15, -0.1) is 0 Å². The molecule has 0 saturated heterocycles. The van der Waals surface area contributed by atoms with Crippen LogP contribution in [0.2, 0.25) is 0 Å². The third kappa shape index (κ3) is 4.08. The van der Waals surface area contributed by atoms with E-state index in [1.54, 1.807) is 13.3 Å². The quantitative estimate of drug-likeness (QED) is 0.568. The zero-order valence-electron chi connectivity index (χ0n) is 16.8. The van der Waals surface area contributed by atoms with E-state index in [-0.39, 0.29) is 5.91 Å². The topological polar surface area (TPSA) is 96.9 Å². The second kappa shape index (κ2) is 8.59. The minimum absolute atomic E-state index is 0.169. The summed E-state index contributed by atoms with van der Waals surface area (Å²) in [7, 11) is 1.67. The van der Waals surface area contributed by atoms with E-state index in [4.69, 9.17) is 4.74 Å². The highest BCUT2D eigenvalue weighted by atomic mass is 16.5. The molecule has 8 heteroatoms. The summed E-state index contributed by atoms with van der Waals surface area (Å²) in [5.41, 5.74) is 6.69. The molecule has 152 valence electrons. The minimum Gasteiger partial charge on any atom is -0.383 e. The van der Waals surface area contributed by atoms with Gasteiger partial charge >= 0.3 is 0 Å². The molecule has 3 heterocycles. The predicted molar refractivity (Wildman–Crippen MR) is 109 cm³/mol. The molecule has 1 amide bonds. The Morgan fingerprint density at radius 2 is 2.14 bits per heavy atom. The highest BCUT2D eigenvalue weighted by Gasteiger charge is 2.24. The molecule has 0 bridgehead atoms.